The molecule has 0 unspecified atom stereocenters. The number of esters is 1. The summed E-state index contributed by atoms with van der Waals surface area (Å²) in [7, 11) is 0. The molecule has 1 aromatic rings. The SMILES string of the molecule is N#Cc1ccc(OC(=O)CC(=O)O)cc1. The van der Waals surface area contributed by atoms with Crippen LogP contribution in [-0.4, -0.2) is 17.0 Å². The van der Waals surface area contributed by atoms with Crippen LogP contribution in [0.15, 0.2) is 24.3 Å². The van der Waals surface area contributed by atoms with Crippen LogP contribution < -0.4 is 4.74 Å². The monoisotopic (exact) mass is 205 g/mol. The van der Waals surface area contributed by atoms with Crippen LogP contribution in [-0.2, 0) is 9.59 Å². The Bertz CT molecular complexity index is 416. The molecule has 0 heterocycles. The van der Waals surface area contributed by atoms with E-state index >= 15 is 0 Å². The van der Waals surface area contributed by atoms with Crippen LogP contribution in [0, 0.1) is 11.3 Å². The third kappa shape index (κ3) is 3.48. The highest BCUT2D eigenvalue weighted by Gasteiger charge is 2.09. The minimum absolute atomic E-state index is 0.222. The van der Waals surface area contributed by atoms with Gasteiger partial charge in [-0.1, -0.05) is 0 Å². The first-order chi connectivity index (χ1) is 7.11. The maximum absolute atomic E-state index is 10.9. The first-order valence-corrected chi connectivity index (χ1v) is 4.04. The molecular weight excluding hydrogens is 198 g/mol. The number of nitrogens with zero attached hydrogens (tertiary/aromatic N) is 1. The highest BCUT2D eigenvalue weighted by molar-refractivity contribution is 5.91. The zero-order chi connectivity index (χ0) is 11.3. The lowest BCUT2D eigenvalue weighted by molar-refractivity contribution is -0.145. The summed E-state index contributed by atoms with van der Waals surface area (Å²) in [5, 5.41) is 16.8. The molecule has 1 aromatic carbocycles. The smallest absolute Gasteiger partial charge is 0.322 e. The van der Waals surface area contributed by atoms with E-state index in [0.717, 1.165) is 0 Å². The third-order valence-corrected chi connectivity index (χ3v) is 1.51. The van der Waals surface area contributed by atoms with Gasteiger partial charge in [-0.15, -0.1) is 0 Å². The van der Waals surface area contributed by atoms with Gasteiger partial charge in [0.25, 0.3) is 0 Å². The molecule has 1 rings (SSSR count). The Balaban J connectivity index is 2.62. The summed E-state index contributed by atoms with van der Waals surface area (Å²) in [4.78, 5) is 21.1. The fraction of sp³-hybridized carbons (Fsp3) is 0.100. The summed E-state index contributed by atoms with van der Waals surface area (Å²) in [6.07, 6.45) is -0.681. The maximum Gasteiger partial charge on any atom is 0.322 e. The molecule has 0 saturated carbocycles. The van der Waals surface area contributed by atoms with Gasteiger partial charge in [-0.05, 0) is 24.3 Å². The van der Waals surface area contributed by atoms with Gasteiger partial charge >= 0.3 is 11.9 Å². The van der Waals surface area contributed by atoms with E-state index in [1.54, 1.807) is 0 Å². The van der Waals surface area contributed by atoms with Crippen LogP contribution >= 0.6 is 0 Å². The maximum atomic E-state index is 10.9. The number of ether oxygens (including phenoxy) is 1. The molecule has 5 heteroatoms. The van der Waals surface area contributed by atoms with Gasteiger partial charge in [-0.2, -0.15) is 5.26 Å². The average molecular weight is 205 g/mol. The predicted molar refractivity (Wildman–Crippen MR) is 49.0 cm³/mol. The predicted octanol–water partition coefficient (Wildman–Crippen LogP) is 0.938. The standard InChI is InChI=1S/C10H7NO4/c11-6-7-1-3-8(4-2-7)15-10(14)5-9(12)13/h1-4H,5H2,(H,12,13). The van der Waals surface area contributed by atoms with Crippen LogP contribution in [0.1, 0.15) is 12.0 Å². The molecule has 0 aromatic heterocycles. The second kappa shape index (κ2) is 4.77. The molecule has 0 spiro atoms. The van der Waals surface area contributed by atoms with Gasteiger partial charge in [-0.3, -0.25) is 9.59 Å². The molecule has 0 bridgehead atoms. The van der Waals surface area contributed by atoms with Crippen molar-refractivity contribution in [3.05, 3.63) is 29.8 Å². The second-order valence-corrected chi connectivity index (χ2v) is 2.68. The molecule has 0 radical (unpaired) electrons. The van der Waals surface area contributed by atoms with Crippen molar-refractivity contribution < 1.29 is 19.4 Å². The molecule has 76 valence electrons. The van der Waals surface area contributed by atoms with Crippen molar-refractivity contribution in [2.24, 2.45) is 0 Å². The number of carboxylic acid groups (broad SMARTS) is 1. The zero-order valence-electron chi connectivity index (χ0n) is 7.64. The molecule has 0 fully saturated rings. The summed E-state index contributed by atoms with van der Waals surface area (Å²) >= 11 is 0. The van der Waals surface area contributed by atoms with Crippen molar-refractivity contribution in [1.82, 2.24) is 0 Å². The van der Waals surface area contributed by atoms with E-state index in [1.165, 1.54) is 24.3 Å². The minimum Gasteiger partial charge on any atom is -0.481 e. The molecule has 15 heavy (non-hydrogen) atoms. The average Bonchev–Trinajstić information content (AvgIpc) is 2.17. The fourth-order valence-corrected chi connectivity index (χ4v) is 0.889. The van der Waals surface area contributed by atoms with E-state index < -0.39 is 18.4 Å². The highest BCUT2D eigenvalue weighted by atomic mass is 16.5. The number of hydrogen-bond donors (Lipinski definition) is 1. The first kappa shape index (κ1) is 10.7. The number of carbonyl (C=O) groups excluding carboxylic acids is 1. The van der Waals surface area contributed by atoms with E-state index in [0.29, 0.717) is 5.56 Å². The molecular formula is C10H7NO4. The van der Waals surface area contributed by atoms with Crippen LogP contribution in [0.5, 0.6) is 5.75 Å². The number of aliphatic carboxylic acids is 1. The van der Waals surface area contributed by atoms with E-state index in [-0.39, 0.29) is 5.75 Å². The van der Waals surface area contributed by atoms with Crippen molar-refractivity contribution in [2.75, 3.05) is 0 Å². The van der Waals surface area contributed by atoms with Gasteiger partial charge in [0.2, 0.25) is 0 Å². The van der Waals surface area contributed by atoms with Crippen LogP contribution in [0.4, 0.5) is 0 Å². The van der Waals surface area contributed by atoms with Gasteiger partial charge in [0, 0.05) is 0 Å². The van der Waals surface area contributed by atoms with Gasteiger partial charge in [0.1, 0.15) is 12.2 Å². The van der Waals surface area contributed by atoms with Crippen molar-refractivity contribution >= 4 is 11.9 Å². The Morgan fingerprint density at radius 1 is 1.33 bits per heavy atom. The number of nitriles is 1. The summed E-state index contributed by atoms with van der Waals surface area (Å²) in [5.41, 5.74) is 0.438. The first-order valence-electron chi connectivity index (χ1n) is 4.04. The van der Waals surface area contributed by atoms with E-state index in [1.807, 2.05) is 6.07 Å². The molecule has 0 amide bonds. The molecule has 0 atom stereocenters. The van der Waals surface area contributed by atoms with Gasteiger partial charge in [0.05, 0.1) is 11.6 Å². The van der Waals surface area contributed by atoms with Crippen LogP contribution in [0.3, 0.4) is 0 Å². The van der Waals surface area contributed by atoms with Gasteiger partial charge in [-0.25, -0.2) is 0 Å². The Labute approximate surface area is 85.5 Å². The highest BCUT2D eigenvalue weighted by Crippen LogP contribution is 2.12. The summed E-state index contributed by atoms with van der Waals surface area (Å²) < 4.78 is 4.70. The number of benzene rings is 1. The largest absolute Gasteiger partial charge is 0.481 e. The normalized spacial score (nSPS) is 9.00. The number of carboxylic acids is 1. The lowest BCUT2D eigenvalue weighted by Gasteiger charge is -2.01. The Hall–Kier alpha value is -2.35. The molecule has 0 aliphatic rings. The Morgan fingerprint density at radius 2 is 1.93 bits per heavy atom. The molecule has 0 aliphatic heterocycles. The Morgan fingerprint density at radius 3 is 2.40 bits per heavy atom. The summed E-state index contributed by atoms with van der Waals surface area (Å²) in [6.45, 7) is 0. The lowest BCUT2D eigenvalue weighted by atomic mass is 10.2. The third-order valence-electron chi connectivity index (χ3n) is 1.51. The zero-order valence-corrected chi connectivity index (χ0v) is 7.64. The number of rotatable bonds is 3. The van der Waals surface area contributed by atoms with E-state index in [2.05, 4.69) is 0 Å². The van der Waals surface area contributed by atoms with E-state index in [4.69, 9.17) is 15.1 Å². The minimum atomic E-state index is -1.24. The number of carbonyl (C=O) groups is 2. The van der Waals surface area contributed by atoms with Crippen LogP contribution in [0.25, 0.3) is 0 Å². The molecule has 0 saturated heterocycles. The topological polar surface area (TPSA) is 87.4 Å². The molecule has 1 N–H and O–H groups in total. The summed E-state index contributed by atoms with van der Waals surface area (Å²) in [5.74, 6) is -1.86. The van der Waals surface area contributed by atoms with Crippen LogP contribution in [0.2, 0.25) is 0 Å². The second-order valence-electron chi connectivity index (χ2n) is 2.68. The quantitative estimate of drug-likeness (QED) is 0.450. The Kier molecular flexibility index (Phi) is 3.41. The van der Waals surface area contributed by atoms with Gasteiger partial charge in [0.15, 0.2) is 0 Å². The molecule has 0 aliphatic carbocycles. The lowest BCUT2D eigenvalue weighted by Crippen LogP contribution is -2.13. The number of hydrogen-bond acceptors (Lipinski definition) is 4. The summed E-state index contributed by atoms with van der Waals surface area (Å²) in [6, 6.07) is 7.71. The van der Waals surface area contributed by atoms with Crippen molar-refractivity contribution in [3.8, 4) is 11.8 Å². The van der Waals surface area contributed by atoms with Crippen molar-refractivity contribution in [3.63, 3.8) is 0 Å². The fourth-order valence-electron chi connectivity index (χ4n) is 0.889. The van der Waals surface area contributed by atoms with Crippen molar-refractivity contribution in [2.45, 2.75) is 6.42 Å². The van der Waals surface area contributed by atoms with Crippen molar-refractivity contribution in [1.29, 1.82) is 5.26 Å². The molecule has 5 nitrogen and oxygen atoms in total. The van der Waals surface area contributed by atoms with Gasteiger partial charge < -0.3 is 9.84 Å². The van der Waals surface area contributed by atoms with E-state index in [9.17, 15) is 9.59 Å².